The molecule has 1 aliphatic heterocycles. The van der Waals surface area contributed by atoms with Crippen LogP contribution in [0.5, 0.6) is 11.5 Å². The fourth-order valence-electron chi connectivity index (χ4n) is 2.75. The normalized spacial score (nSPS) is 16.3. The molecule has 0 radical (unpaired) electrons. The van der Waals surface area contributed by atoms with E-state index in [1.807, 2.05) is 6.07 Å². The number of ether oxygens (including phenoxy) is 3. The summed E-state index contributed by atoms with van der Waals surface area (Å²) in [5.74, 6) is 0.318. The van der Waals surface area contributed by atoms with Crippen molar-refractivity contribution in [2.24, 2.45) is 4.99 Å². The molecule has 0 aromatic heterocycles. The van der Waals surface area contributed by atoms with Gasteiger partial charge in [-0.1, -0.05) is 35.5 Å². The van der Waals surface area contributed by atoms with Gasteiger partial charge in [-0.25, -0.2) is 9.79 Å². The average molecular weight is 446 g/mol. The number of rotatable bonds is 6. The molecule has 6 nitrogen and oxygen atoms in total. The molecule has 0 aliphatic carbocycles. The van der Waals surface area contributed by atoms with Gasteiger partial charge in [0.2, 0.25) is 0 Å². The predicted molar refractivity (Wildman–Crippen MR) is 120 cm³/mol. The summed E-state index contributed by atoms with van der Waals surface area (Å²) >= 11 is 7.21. The van der Waals surface area contributed by atoms with Crippen LogP contribution < -0.4 is 9.47 Å². The molecule has 156 valence electrons. The van der Waals surface area contributed by atoms with Crippen LogP contribution in [-0.2, 0) is 9.53 Å². The first-order valence-electron chi connectivity index (χ1n) is 9.03. The maximum absolute atomic E-state index is 12.5. The summed E-state index contributed by atoms with van der Waals surface area (Å²) in [6.07, 6.45) is 1.74. The number of hydrogen-bond donors (Lipinski definition) is 1. The Morgan fingerprint density at radius 2 is 1.93 bits per heavy atom. The van der Waals surface area contributed by atoms with Crippen LogP contribution >= 0.6 is 23.4 Å². The highest BCUT2D eigenvalue weighted by atomic mass is 35.5. The number of halogens is 1. The second-order valence-electron chi connectivity index (χ2n) is 6.07. The van der Waals surface area contributed by atoms with Gasteiger partial charge in [-0.15, -0.1) is 0 Å². The fourth-order valence-corrected chi connectivity index (χ4v) is 3.97. The van der Waals surface area contributed by atoms with Gasteiger partial charge in [-0.2, -0.15) is 0 Å². The smallest absolute Gasteiger partial charge is 0.344 e. The van der Waals surface area contributed by atoms with Crippen molar-refractivity contribution in [2.45, 2.75) is 6.92 Å². The molecule has 1 heterocycles. The van der Waals surface area contributed by atoms with E-state index in [9.17, 15) is 9.90 Å². The van der Waals surface area contributed by atoms with Crippen molar-refractivity contribution in [3.05, 3.63) is 69.3 Å². The minimum Gasteiger partial charge on any atom is -0.506 e. The summed E-state index contributed by atoms with van der Waals surface area (Å²) in [6, 6.07) is 12.3. The van der Waals surface area contributed by atoms with Crippen molar-refractivity contribution in [2.75, 3.05) is 20.8 Å². The van der Waals surface area contributed by atoms with Crippen LogP contribution in [-0.4, -0.2) is 36.9 Å². The van der Waals surface area contributed by atoms with E-state index in [2.05, 4.69) is 4.99 Å². The van der Waals surface area contributed by atoms with Crippen LogP contribution in [0.2, 0.25) is 5.02 Å². The molecule has 0 saturated heterocycles. The summed E-state index contributed by atoms with van der Waals surface area (Å²) in [5.41, 5.74) is 1.34. The Kier molecular flexibility index (Phi) is 7.07. The largest absolute Gasteiger partial charge is 0.506 e. The van der Waals surface area contributed by atoms with Crippen LogP contribution in [0.3, 0.4) is 0 Å². The van der Waals surface area contributed by atoms with E-state index in [0.717, 1.165) is 5.56 Å². The average Bonchev–Trinajstić information content (AvgIpc) is 3.02. The van der Waals surface area contributed by atoms with E-state index in [4.69, 9.17) is 25.8 Å². The molecule has 0 spiro atoms. The zero-order valence-corrected chi connectivity index (χ0v) is 18.2. The van der Waals surface area contributed by atoms with E-state index in [1.165, 1.54) is 11.8 Å². The van der Waals surface area contributed by atoms with Gasteiger partial charge in [0.05, 0.1) is 31.4 Å². The quantitative estimate of drug-likeness (QED) is 0.587. The van der Waals surface area contributed by atoms with Gasteiger partial charge in [0.15, 0.2) is 11.5 Å². The Bertz CT molecular complexity index is 1060. The van der Waals surface area contributed by atoms with E-state index in [1.54, 1.807) is 63.6 Å². The van der Waals surface area contributed by atoms with Gasteiger partial charge in [0.1, 0.15) is 16.4 Å². The molecule has 1 N–H and O–H groups in total. The number of carbonyl (C=O) groups excluding carboxylic acids is 1. The van der Waals surface area contributed by atoms with Crippen LogP contribution in [0.1, 0.15) is 12.5 Å². The molecule has 0 atom stereocenters. The minimum absolute atomic E-state index is 0.0218. The van der Waals surface area contributed by atoms with E-state index < -0.39 is 5.97 Å². The molecule has 0 saturated carbocycles. The molecule has 0 unspecified atom stereocenters. The maximum atomic E-state index is 12.5. The molecule has 0 bridgehead atoms. The summed E-state index contributed by atoms with van der Waals surface area (Å²) in [5, 5.41) is 11.6. The third-order valence-electron chi connectivity index (χ3n) is 4.11. The third-order valence-corrected chi connectivity index (χ3v) is 5.37. The number of thioether (sulfide) groups is 1. The van der Waals surface area contributed by atoms with Gasteiger partial charge in [-0.05, 0) is 48.9 Å². The summed E-state index contributed by atoms with van der Waals surface area (Å²) in [4.78, 5) is 17.4. The number of hydrogen-bond acceptors (Lipinski definition) is 7. The molecule has 0 fully saturated rings. The van der Waals surface area contributed by atoms with Gasteiger partial charge in [-0.3, -0.25) is 0 Å². The molecule has 2 aromatic carbocycles. The number of benzene rings is 2. The highest BCUT2D eigenvalue weighted by Gasteiger charge is 2.33. The Morgan fingerprint density at radius 1 is 1.17 bits per heavy atom. The molecular weight excluding hydrogens is 426 g/mol. The zero-order chi connectivity index (χ0) is 21.7. The van der Waals surface area contributed by atoms with E-state index in [-0.39, 0.29) is 17.9 Å². The first kappa shape index (κ1) is 21.8. The van der Waals surface area contributed by atoms with E-state index in [0.29, 0.717) is 32.2 Å². The number of esters is 1. The molecule has 2 aromatic rings. The lowest BCUT2D eigenvalue weighted by atomic mass is 10.1. The lowest BCUT2D eigenvalue weighted by Gasteiger charge is -2.08. The SMILES string of the molecule is CCOC(=O)C1=C(O)C(=Cc2ccc(OC)c(OC)c2)SC1=Nc1cccc(Cl)c1. The molecule has 0 amide bonds. The van der Waals surface area contributed by atoms with Gasteiger partial charge < -0.3 is 19.3 Å². The highest BCUT2D eigenvalue weighted by Crippen LogP contribution is 2.41. The number of aliphatic imine (C=N–C) groups is 1. The Labute approximate surface area is 183 Å². The van der Waals surface area contributed by atoms with Crippen molar-refractivity contribution < 1.29 is 24.1 Å². The number of nitrogens with zero attached hydrogens (tertiary/aromatic N) is 1. The Morgan fingerprint density at radius 3 is 2.60 bits per heavy atom. The van der Waals surface area contributed by atoms with Crippen LogP contribution in [0.25, 0.3) is 6.08 Å². The van der Waals surface area contributed by atoms with Crippen molar-refractivity contribution >= 4 is 46.1 Å². The lowest BCUT2D eigenvalue weighted by molar-refractivity contribution is -0.138. The van der Waals surface area contributed by atoms with Gasteiger partial charge in [0, 0.05) is 5.02 Å². The summed E-state index contributed by atoms with van der Waals surface area (Å²) < 4.78 is 15.7. The molecule has 8 heteroatoms. The van der Waals surface area contributed by atoms with E-state index >= 15 is 0 Å². The van der Waals surface area contributed by atoms with Crippen molar-refractivity contribution in [1.29, 1.82) is 0 Å². The second kappa shape index (κ2) is 9.73. The topological polar surface area (TPSA) is 77.4 Å². The number of carbonyl (C=O) groups is 1. The zero-order valence-electron chi connectivity index (χ0n) is 16.6. The third kappa shape index (κ3) is 4.80. The molecular formula is C22H20ClNO5S. The first-order chi connectivity index (χ1) is 14.5. The maximum Gasteiger partial charge on any atom is 0.344 e. The summed E-state index contributed by atoms with van der Waals surface area (Å²) in [6.45, 7) is 1.88. The Hall–Kier alpha value is -2.90. The fraction of sp³-hybridized carbons (Fsp3) is 0.182. The van der Waals surface area contributed by atoms with Gasteiger partial charge >= 0.3 is 5.97 Å². The molecule has 3 rings (SSSR count). The standard InChI is InChI=1S/C22H20ClNO5S/c1-4-29-22(26)19-20(25)18(11-13-8-9-16(27-2)17(10-13)28-3)30-21(19)24-15-7-5-6-14(23)12-15/h5-12,25H,4H2,1-3H3. The number of methoxy groups -OCH3 is 2. The Balaban J connectivity index is 2.04. The van der Waals surface area contributed by atoms with Gasteiger partial charge in [0.25, 0.3) is 0 Å². The first-order valence-corrected chi connectivity index (χ1v) is 10.2. The van der Waals surface area contributed by atoms with Crippen LogP contribution in [0.15, 0.2) is 63.7 Å². The second-order valence-corrected chi connectivity index (χ2v) is 7.53. The number of aliphatic hydroxyl groups is 1. The number of aliphatic hydroxyl groups excluding tert-OH is 1. The van der Waals surface area contributed by atoms with Crippen LogP contribution in [0.4, 0.5) is 5.69 Å². The molecule has 30 heavy (non-hydrogen) atoms. The lowest BCUT2D eigenvalue weighted by Crippen LogP contribution is -2.12. The highest BCUT2D eigenvalue weighted by molar-refractivity contribution is 8.18. The summed E-state index contributed by atoms with van der Waals surface area (Å²) in [7, 11) is 3.10. The molecule has 1 aliphatic rings. The van der Waals surface area contributed by atoms with Crippen LogP contribution in [0, 0.1) is 0 Å². The van der Waals surface area contributed by atoms with Crippen molar-refractivity contribution in [3.63, 3.8) is 0 Å². The predicted octanol–water partition coefficient (Wildman–Crippen LogP) is 5.55. The van der Waals surface area contributed by atoms with Crippen molar-refractivity contribution in [3.8, 4) is 11.5 Å². The van der Waals surface area contributed by atoms with Crippen molar-refractivity contribution in [1.82, 2.24) is 0 Å². The monoisotopic (exact) mass is 445 g/mol. The minimum atomic E-state index is -0.640.